The highest BCUT2D eigenvalue weighted by Crippen LogP contribution is 2.26. The van der Waals surface area contributed by atoms with Gasteiger partial charge in [0.25, 0.3) is 0 Å². The first-order chi connectivity index (χ1) is 10.4. The Morgan fingerprint density at radius 3 is 2.73 bits per heavy atom. The molecule has 0 saturated carbocycles. The van der Waals surface area contributed by atoms with E-state index in [1.54, 1.807) is 6.08 Å². The number of rotatable bonds is 5. The monoisotopic (exact) mass is 338 g/mol. The van der Waals surface area contributed by atoms with Crippen molar-refractivity contribution in [1.29, 1.82) is 0 Å². The maximum atomic E-state index is 11.8. The topological polar surface area (TPSA) is 98.5 Å². The number of nitrogens with two attached hydrogens (primary N) is 1. The van der Waals surface area contributed by atoms with Crippen molar-refractivity contribution in [3.63, 3.8) is 0 Å². The van der Waals surface area contributed by atoms with Gasteiger partial charge in [-0.25, -0.2) is 13.6 Å². The van der Waals surface area contributed by atoms with Gasteiger partial charge < -0.3 is 10.1 Å². The first-order valence-corrected chi connectivity index (χ1v) is 8.56. The van der Waals surface area contributed by atoms with E-state index in [9.17, 15) is 13.2 Å². The van der Waals surface area contributed by atoms with Gasteiger partial charge in [-0.15, -0.1) is 11.3 Å². The van der Waals surface area contributed by atoms with E-state index in [1.807, 2.05) is 17.5 Å². The molecule has 0 radical (unpaired) electrons. The molecule has 1 amide bonds. The van der Waals surface area contributed by atoms with Crippen molar-refractivity contribution in [2.75, 3.05) is 12.4 Å². The van der Waals surface area contributed by atoms with Gasteiger partial charge in [-0.2, -0.15) is 0 Å². The van der Waals surface area contributed by atoms with E-state index < -0.39 is 10.0 Å². The van der Waals surface area contributed by atoms with Crippen molar-refractivity contribution in [3.05, 3.63) is 46.7 Å². The summed E-state index contributed by atoms with van der Waals surface area (Å²) in [5, 5.41) is 9.60. The van der Waals surface area contributed by atoms with Crippen molar-refractivity contribution in [1.82, 2.24) is 0 Å². The Labute approximate surface area is 132 Å². The number of hydrogen-bond acceptors (Lipinski definition) is 5. The second-order valence-electron chi connectivity index (χ2n) is 4.25. The minimum Gasteiger partial charge on any atom is -0.495 e. The number of sulfonamides is 1. The fourth-order valence-corrected chi connectivity index (χ4v) is 3.05. The van der Waals surface area contributed by atoms with Gasteiger partial charge >= 0.3 is 0 Å². The van der Waals surface area contributed by atoms with E-state index in [2.05, 4.69) is 5.32 Å². The van der Waals surface area contributed by atoms with Crippen molar-refractivity contribution in [2.24, 2.45) is 5.14 Å². The summed E-state index contributed by atoms with van der Waals surface area (Å²) >= 11 is 1.50. The Morgan fingerprint density at radius 2 is 2.14 bits per heavy atom. The van der Waals surface area contributed by atoms with Gasteiger partial charge in [-0.1, -0.05) is 6.07 Å². The van der Waals surface area contributed by atoms with Gasteiger partial charge in [0.1, 0.15) is 10.6 Å². The summed E-state index contributed by atoms with van der Waals surface area (Å²) in [7, 11) is -2.60. The Kier molecular flexibility index (Phi) is 4.96. The molecule has 2 aromatic rings. The number of benzene rings is 1. The second-order valence-corrected chi connectivity index (χ2v) is 6.76. The predicted octanol–water partition coefficient (Wildman–Crippen LogP) is 2.06. The number of nitrogens with one attached hydrogen (secondary N) is 1. The third kappa shape index (κ3) is 4.17. The molecule has 1 aromatic carbocycles. The van der Waals surface area contributed by atoms with Crippen LogP contribution >= 0.6 is 11.3 Å². The van der Waals surface area contributed by atoms with Crippen LogP contribution in [-0.2, 0) is 14.8 Å². The molecule has 1 heterocycles. The highest BCUT2D eigenvalue weighted by molar-refractivity contribution is 7.89. The molecule has 8 heteroatoms. The summed E-state index contributed by atoms with van der Waals surface area (Å²) in [4.78, 5) is 12.6. The fourth-order valence-electron chi connectivity index (χ4n) is 1.70. The van der Waals surface area contributed by atoms with Crippen LogP contribution in [0.15, 0.2) is 46.7 Å². The zero-order valence-corrected chi connectivity index (χ0v) is 13.3. The summed E-state index contributed by atoms with van der Waals surface area (Å²) in [6, 6.07) is 7.97. The lowest BCUT2D eigenvalue weighted by Gasteiger charge is -2.09. The Morgan fingerprint density at radius 1 is 1.36 bits per heavy atom. The zero-order chi connectivity index (χ0) is 16.2. The van der Waals surface area contributed by atoms with E-state index in [4.69, 9.17) is 9.88 Å². The molecule has 0 bridgehead atoms. The van der Waals surface area contributed by atoms with Gasteiger partial charge in [-0.3, -0.25) is 4.79 Å². The van der Waals surface area contributed by atoms with E-state index in [-0.39, 0.29) is 16.6 Å². The number of amides is 1. The summed E-state index contributed by atoms with van der Waals surface area (Å²) in [5.74, 6) is -0.256. The number of carbonyl (C=O) groups excluding carboxylic acids is 1. The molecular weight excluding hydrogens is 324 g/mol. The van der Waals surface area contributed by atoms with E-state index in [0.29, 0.717) is 5.69 Å². The highest BCUT2D eigenvalue weighted by Gasteiger charge is 2.16. The zero-order valence-electron chi connectivity index (χ0n) is 11.6. The predicted molar refractivity (Wildman–Crippen MR) is 86.3 cm³/mol. The van der Waals surface area contributed by atoms with Crippen LogP contribution in [0, 0.1) is 0 Å². The van der Waals surface area contributed by atoms with Crippen molar-refractivity contribution < 1.29 is 17.9 Å². The van der Waals surface area contributed by atoms with Gasteiger partial charge in [0.2, 0.25) is 15.9 Å². The molecule has 116 valence electrons. The lowest BCUT2D eigenvalue weighted by molar-refractivity contribution is -0.111. The van der Waals surface area contributed by atoms with Crippen molar-refractivity contribution in [2.45, 2.75) is 4.90 Å². The molecule has 0 saturated heterocycles. The van der Waals surface area contributed by atoms with Crippen LogP contribution in [-0.4, -0.2) is 21.4 Å². The van der Waals surface area contributed by atoms with Crippen molar-refractivity contribution >= 4 is 39.0 Å². The molecule has 0 fully saturated rings. The van der Waals surface area contributed by atoms with Gasteiger partial charge in [0.15, 0.2) is 0 Å². The molecule has 1 aromatic heterocycles. The lowest BCUT2D eigenvalue weighted by atomic mass is 10.3. The molecule has 3 N–H and O–H groups in total. The van der Waals surface area contributed by atoms with Crippen molar-refractivity contribution in [3.8, 4) is 5.75 Å². The van der Waals surface area contributed by atoms with E-state index in [1.165, 1.54) is 42.7 Å². The number of ether oxygens (including phenoxy) is 1. The highest BCUT2D eigenvalue weighted by atomic mass is 32.2. The number of anilines is 1. The summed E-state index contributed by atoms with van der Waals surface area (Å²) in [5.41, 5.74) is 0.311. The molecule has 6 nitrogen and oxygen atoms in total. The average molecular weight is 338 g/mol. The van der Waals surface area contributed by atoms with Crippen LogP contribution in [0.4, 0.5) is 5.69 Å². The summed E-state index contributed by atoms with van der Waals surface area (Å²) in [6.07, 6.45) is 3.04. The molecule has 0 unspecified atom stereocenters. The Balaban J connectivity index is 2.18. The Hall–Kier alpha value is -2.16. The molecule has 2 rings (SSSR count). The van der Waals surface area contributed by atoms with Gasteiger partial charge in [-0.05, 0) is 35.7 Å². The minimum absolute atomic E-state index is 0.120. The number of thiophene rings is 1. The first-order valence-electron chi connectivity index (χ1n) is 6.13. The smallest absolute Gasteiger partial charge is 0.248 e. The molecule has 0 atom stereocenters. The van der Waals surface area contributed by atoms with Crippen LogP contribution in [0.25, 0.3) is 6.08 Å². The minimum atomic E-state index is -3.94. The SMILES string of the molecule is COc1ccc(NC(=O)C=Cc2cccs2)cc1S(N)(=O)=O. The molecular formula is C14H14N2O4S2. The van der Waals surface area contributed by atoms with Gasteiger partial charge in [0.05, 0.1) is 7.11 Å². The van der Waals surface area contributed by atoms with Crippen LogP contribution in [0.3, 0.4) is 0 Å². The normalized spacial score (nSPS) is 11.5. The molecule has 0 aliphatic heterocycles. The van der Waals surface area contributed by atoms with Gasteiger partial charge in [0, 0.05) is 16.6 Å². The number of methoxy groups -OCH3 is 1. The number of carbonyl (C=O) groups is 1. The summed E-state index contributed by atoms with van der Waals surface area (Å²) in [6.45, 7) is 0. The van der Waals surface area contributed by atoms with E-state index in [0.717, 1.165) is 4.88 Å². The maximum absolute atomic E-state index is 11.8. The molecule has 0 aliphatic rings. The first kappa shape index (κ1) is 16.2. The molecule has 0 spiro atoms. The standard InChI is InChI=1S/C14H14N2O4S2/c1-20-12-6-4-10(9-13(12)22(15,18)19)16-14(17)7-5-11-3-2-8-21-11/h2-9H,1H3,(H,16,17)(H2,15,18,19). The third-order valence-corrected chi connectivity index (χ3v) is 4.45. The maximum Gasteiger partial charge on any atom is 0.248 e. The average Bonchev–Trinajstić information content (AvgIpc) is 2.97. The fraction of sp³-hybridized carbons (Fsp3) is 0.0714. The lowest BCUT2D eigenvalue weighted by Crippen LogP contribution is -2.15. The van der Waals surface area contributed by atoms with Crippen LogP contribution in [0.1, 0.15) is 4.88 Å². The third-order valence-electron chi connectivity index (χ3n) is 2.68. The quantitative estimate of drug-likeness (QED) is 0.815. The second kappa shape index (κ2) is 6.73. The van der Waals surface area contributed by atoms with Crippen LogP contribution in [0.2, 0.25) is 0 Å². The Bertz CT molecular complexity index is 796. The van der Waals surface area contributed by atoms with Crippen LogP contribution in [0.5, 0.6) is 5.75 Å². The van der Waals surface area contributed by atoms with Crippen LogP contribution < -0.4 is 15.2 Å². The summed E-state index contributed by atoms with van der Waals surface area (Å²) < 4.78 is 28.0. The largest absolute Gasteiger partial charge is 0.495 e. The van der Waals surface area contributed by atoms with E-state index >= 15 is 0 Å². The molecule has 0 aliphatic carbocycles. The molecule has 22 heavy (non-hydrogen) atoms. The number of hydrogen-bond donors (Lipinski definition) is 2. The number of primary sulfonamides is 1.